The summed E-state index contributed by atoms with van der Waals surface area (Å²) in [6, 6.07) is 5.25. The Morgan fingerprint density at radius 2 is 2.26 bits per heavy atom. The minimum atomic E-state index is -3.27. The summed E-state index contributed by atoms with van der Waals surface area (Å²) in [6.45, 7) is 2.58. The Bertz CT molecular complexity index is 696. The van der Waals surface area contributed by atoms with Crippen LogP contribution in [-0.2, 0) is 21.2 Å². The summed E-state index contributed by atoms with van der Waals surface area (Å²) < 4.78 is 30.4. The van der Waals surface area contributed by atoms with Gasteiger partial charge in [-0.25, -0.2) is 8.42 Å². The smallest absolute Gasteiger partial charge is 0.251 e. The molecular weight excluding hydrogens is 316 g/mol. The molecule has 6 nitrogen and oxygen atoms in total. The second-order valence-corrected chi connectivity index (χ2v) is 8.13. The van der Waals surface area contributed by atoms with Crippen molar-refractivity contribution in [1.82, 2.24) is 5.32 Å². The third-order valence-electron chi connectivity index (χ3n) is 4.39. The van der Waals surface area contributed by atoms with E-state index in [1.165, 1.54) is 10.6 Å². The first-order valence-corrected chi connectivity index (χ1v) is 9.76. The van der Waals surface area contributed by atoms with Gasteiger partial charge in [-0.1, -0.05) is 0 Å². The van der Waals surface area contributed by atoms with E-state index in [1.807, 2.05) is 6.07 Å². The van der Waals surface area contributed by atoms with Gasteiger partial charge in [-0.2, -0.15) is 0 Å². The Labute approximate surface area is 136 Å². The number of anilines is 1. The van der Waals surface area contributed by atoms with E-state index in [9.17, 15) is 13.2 Å². The van der Waals surface area contributed by atoms with Gasteiger partial charge in [0.1, 0.15) is 0 Å². The van der Waals surface area contributed by atoms with Crippen LogP contribution in [0.2, 0.25) is 0 Å². The van der Waals surface area contributed by atoms with Gasteiger partial charge in [-0.3, -0.25) is 9.10 Å². The Morgan fingerprint density at radius 1 is 1.43 bits per heavy atom. The molecule has 1 fully saturated rings. The second-order valence-electron chi connectivity index (χ2n) is 6.22. The topological polar surface area (TPSA) is 75.7 Å². The quantitative estimate of drug-likeness (QED) is 0.894. The van der Waals surface area contributed by atoms with E-state index in [0.29, 0.717) is 36.9 Å². The molecule has 7 heteroatoms. The minimum Gasteiger partial charge on any atom is -0.381 e. The molecule has 2 heterocycles. The van der Waals surface area contributed by atoms with Crippen molar-refractivity contribution >= 4 is 21.6 Å². The number of ether oxygens (including phenoxy) is 1. The average Bonchev–Trinajstić information content (AvgIpc) is 3.04. The molecule has 1 saturated heterocycles. The third kappa shape index (κ3) is 3.67. The SMILES string of the molecule is CS(=O)(=O)N1CCCc2cc(C(=O)NC[C@@H]3CCOC3)ccc21. The van der Waals surface area contributed by atoms with Gasteiger partial charge in [-0.15, -0.1) is 0 Å². The number of nitrogens with zero attached hydrogens (tertiary/aromatic N) is 1. The van der Waals surface area contributed by atoms with Crippen LogP contribution in [0.25, 0.3) is 0 Å². The zero-order valence-electron chi connectivity index (χ0n) is 13.2. The number of benzene rings is 1. The van der Waals surface area contributed by atoms with Crippen molar-refractivity contribution in [2.24, 2.45) is 5.92 Å². The van der Waals surface area contributed by atoms with Gasteiger partial charge in [0, 0.05) is 31.2 Å². The zero-order valence-corrected chi connectivity index (χ0v) is 14.1. The molecule has 1 N–H and O–H groups in total. The lowest BCUT2D eigenvalue weighted by Crippen LogP contribution is -2.35. The van der Waals surface area contributed by atoms with Gasteiger partial charge < -0.3 is 10.1 Å². The monoisotopic (exact) mass is 338 g/mol. The fourth-order valence-electron chi connectivity index (χ4n) is 3.13. The Kier molecular flexibility index (Phi) is 4.59. The zero-order chi connectivity index (χ0) is 16.4. The lowest BCUT2D eigenvalue weighted by atomic mass is 10.0. The highest BCUT2D eigenvalue weighted by Gasteiger charge is 2.25. The number of sulfonamides is 1. The van der Waals surface area contributed by atoms with Crippen molar-refractivity contribution in [2.75, 3.05) is 36.9 Å². The first kappa shape index (κ1) is 16.3. The first-order chi connectivity index (χ1) is 10.9. The molecule has 2 aliphatic heterocycles. The summed E-state index contributed by atoms with van der Waals surface area (Å²) in [5, 5.41) is 2.94. The molecule has 0 saturated carbocycles. The number of hydrogen-bond acceptors (Lipinski definition) is 4. The number of hydrogen-bond donors (Lipinski definition) is 1. The normalized spacial score (nSPS) is 21.1. The molecule has 0 unspecified atom stereocenters. The molecule has 3 rings (SSSR count). The second kappa shape index (κ2) is 6.49. The maximum absolute atomic E-state index is 12.3. The molecule has 126 valence electrons. The summed E-state index contributed by atoms with van der Waals surface area (Å²) in [5.74, 6) is 0.272. The number of carbonyl (C=O) groups is 1. The van der Waals surface area contributed by atoms with E-state index >= 15 is 0 Å². The molecule has 23 heavy (non-hydrogen) atoms. The van der Waals surface area contributed by atoms with Crippen LogP contribution in [0.1, 0.15) is 28.8 Å². The van der Waals surface area contributed by atoms with E-state index < -0.39 is 10.0 Å². The number of rotatable bonds is 4. The van der Waals surface area contributed by atoms with Crippen molar-refractivity contribution in [3.05, 3.63) is 29.3 Å². The molecule has 1 amide bonds. The molecular formula is C16H22N2O4S. The van der Waals surface area contributed by atoms with Crippen molar-refractivity contribution in [1.29, 1.82) is 0 Å². The van der Waals surface area contributed by atoms with Crippen molar-refractivity contribution in [3.8, 4) is 0 Å². The van der Waals surface area contributed by atoms with Crippen LogP contribution in [0.3, 0.4) is 0 Å². The Morgan fingerprint density at radius 3 is 2.96 bits per heavy atom. The van der Waals surface area contributed by atoms with Gasteiger partial charge in [0.2, 0.25) is 10.0 Å². The maximum atomic E-state index is 12.3. The van der Waals surface area contributed by atoms with E-state index in [0.717, 1.165) is 31.4 Å². The molecule has 0 aromatic heterocycles. The summed E-state index contributed by atoms with van der Waals surface area (Å²) in [7, 11) is -3.27. The molecule has 1 atom stereocenters. The molecule has 0 aliphatic carbocycles. The van der Waals surface area contributed by atoms with Gasteiger partial charge in [0.05, 0.1) is 18.6 Å². The highest BCUT2D eigenvalue weighted by Crippen LogP contribution is 2.29. The van der Waals surface area contributed by atoms with Crippen LogP contribution >= 0.6 is 0 Å². The number of carbonyl (C=O) groups excluding carboxylic acids is 1. The Hall–Kier alpha value is -1.60. The molecule has 1 aromatic rings. The van der Waals surface area contributed by atoms with Gasteiger partial charge >= 0.3 is 0 Å². The molecule has 0 radical (unpaired) electrons. The molecule has 2 aliphatic rings. The number of nitrogens with one attached hydrogen (secondary N) is 1. The molecule has 0 spiro atoms. The van der Waals surface area contributed by atoms with Gasteiger partial charge in [-0.05, 0) is 43.0 Å². The lowest BCUT2D eigenvalue weighted by molar-refractivity contribution is 0.0945. The van der Waals surface area contributed by atoms with Crippen LogP contribution in [-0.4, -0.2) is 46.9 Å². The first-order valence-electron chi connectivity index (χ1n) is 7.92. The van der Waals surface area contributed by atoms with Crippen LogP contribution < -0.4 is 9.62 Å². The Balaban J connectivity index is 1.73. The number of amides is 1. The highest BCUT2D eigenvalue weighted by atomic mass is 32.2. The van der Waals surface area contributed by atoms with E-state index in [4.69, 9.17) is 4.74 Å². The predicted octanol–water partition coefficient (Wildman–Crippen LogP) is 1.17. The summed E-state index contributed by atoms with van der Waals surface area (Å²) in [5.41, 5.74) is 2.19. The van der Waals surface area contributed by atoms with E-state index in [2.05, 4.69) is 5.32 Å². The highest BCUT2D eigenvalue weighted by molar-refractivity contribution is 7.92. The van der Waals surface area contributed by atoms with Crippen molar-refractivity contribution in [3.63, 3.8) is 0 Å². The maximum Gasteiger partial charge on any atom is 0.251 e. The van der Waals surface area contributed by atoms with Crippen molar-refractivity contribution in [2.45, 2.75) is 19.3 Å². The van der Waals surface area contributed by atoms with Crippen LogP contribution in [0.15, 0.2) is 18.2 Å². The van der Waals surface area contributed by atoms with Crippen LogP contribution in [0.5, 0.6) is 0 Å². The van der Waals surface area contributed by atoms with E-state index in [-0.39, 0.29) is 5.91 Å². The van der Waals surface area contributed by atoms with Crippen LogP contribution in [0, 0.1) is 5.92 Å². The molecule has 1 aromatic carbocycles. The van der Waals surface area contributed by atoms with Crippen molar-refractivity contribution < 1.29 is 17.9 Å². The standard InChI is InChI=1S/C16H22N2O4S/c1-23(20,21)18-7-2-3-13-9-14(4-5-15(13)18)16(19)17-10-12-6-8-22-11-12/h4-5,9,12H,2-3,6-8,10-11H2,1H3,(H,17,19)/t12-/m0/s1. The van der Waals surface area contributed by atoms with Gasteiger partial charge in [0.15, 0.2) is 0 Å². The predicted molar refractivity (Wildman–Crippen MR) is 88.2 cm³/mol. The summed E-state index contributed by atoms with van der Waals surface area (Å²) >= 11 is 0. The third-order valence-corrected chi connectivity index (χ3v) is 5.57. The van der Waals surface area contributed by atoms with E-state index in [1.54, 1.807) is 12.1 Å². The average molecular weight is 338 g/mol. The molecule has 0 bridgehead atoms. The summed E-state index contributed by atoms with van der Waals surface area (Å²) in [4.78, 5) is 12.3. The largest absolute Gasteiger partial charge is 0.381 e. The van der Waals surface area contributed by atoms with Crippen LogP contribution in [0.4, 0.5) is 5.69 Å². The number of aryl methyl sites for hydroxylation is 1. The van der Waals surface area contributed by atoms with Gasteiger partial charge in [0.25, 0.3) is 5.91 Å². The fraction of sp³-hybridized carbons (Fsp3) is 0.562. The fourth-order valence-corrected chi connectivity index (χ4v) is 4.13. The lowest BCUT2D eigenvalue weighted by Gasteiger charge is -2.29. The summed E-state index contributed by atoms with van der Waals surface area (Å²) in [6.07, 6.45) is 3.75. The minimum absolute atomic E-state index is 0.115. The number of fused-ring (bicyclic) bond motifs is 1.